The zero-order valence-electron chi connectivity index (χ0n) is 17.0. The fourth-order valence-electron chi connectivity index (χ4n) is 3.61. The Morgan fingerprint density at radius 3 is 2.82 bits per heavy atom. The first-order valence-corrected chi connectivity index (χ1v) is 11.0. The quantitative estimate of drug-likeness (QED) is 0.780. The Labute approximate surface area is 171 Å². The van der Waals surface area contributed by atoms with Crippen LogP contribution >= 0.6 is 11.3 Å². The molecule has 6 heteroatoms. The van der Waals surface area contributed by atoms with Gasteiger partial charge in [-0.15, -0.1) is 11.3 Å². The summed E-state index contributed by atoms with van der Waals surface area (Å²) in [5, 5.41) is 2.89. The van der Waals surface area contributed by atoms with Crippen molar-refractivity contribution in [3.63, 3.8) is 0 Å². The highest BCUT2D eigenvalue weighted by molar-refractivity contribution is 7.14. The van der Waals surface area contributed by atoms with Crippen LogP contribution in [0.2, 0.25) is 0 Å². The van der Waals surface area contributed by atoms with E-state index in [4.69, 9.17) is 0 Å². The van der Waals surface area contributed by atoms with E-state index in [0.717, 1.165) is 42.5 Å². The first-order chi connectivity index (χ1) is 13.5. The van der Waals surface area contributed by atoms with Crippen LogP contribution in [-0.2, 0) is 17.6 Å². The number of aryl methyl sites for hydroxylation is 3. The van der Waals surface area contributed by atoms with Gasteiger partial charge in [0.05, 0.1) is 10.8 Å². The minimum Gasteiger partial charge on any atom is -0.337 e. The summed E-state index contributed by atoms with van der Waals surface area (Å²) in [6.07, 6.45) is 6.44. The first kappa shape index (κ1) is 20.5. The van der Waals surface area contributed by atoms with Crippen molar-refractivity contribution in [1.29, 1.82) is 0 Å². The zero-order valence-corrected chi connectivity index (χ0v) is 17.8. The number of carbonyl (C=O) groups excluding carboxylic acids is 2. The summed E-state index contributed by atoms with van der Waals surface area (Å²) >= 11 is 1.62. The van der Waals surface area contributed by atoms with Crippen molar-refractivity contribution in [3.05, 3.63) is 45.3 Å². The van der Waals surface area contributed by atoms with Crippen LogP contribution in [0.4, 0.5) is 5.82 Å². The molecule has 1 fully saturated rings. The van der Waals surface area contributed by atoms with E-state index in [-0.39, 0.29) is 17.7 Å². The number of piperidine rings is 1. The molecule has 1 aliphatic rings. The Balaban J connectivity index is 1.66. The van der Waals surface area contributed by atoms with Crippen LogP contribution in [0.25, 0.3) is 0 Å². The molecule has 0 saturated carbocycles. The predicted octanol–water partition coefficient (Wildman–Crippen LogP) is 4.46. The van der Waals surface area contributed by atoms with E-state index in [1.165, 1.54) is 10.4 Å². The van der Waals surface area contributed by atoms with Gasteiger partial charge in [-0.1, -0.05) is 26.3 Å². The molecule has 2 aromatic rings. The second kappa shape index (κ2) is 9.32. The Morgan fingerprint density at radius 1 is 1.32 bits per heavy atom. The standard InChI is InChI=1S/C22H29N3O2S/c1-4-7-18-16(5-2)12-19(28-18)22(27)25-11-6-8-17(14-25)21(26)24-20-10-9-15(3)13-23-20/h9-10,12-13,17H,4-8,11,14H2,1-3H3,(H,23,24,26). The van der Waals surface area contributed by atoms with E-state index in [0.29, 0.717) is 18.9 Å². The number of hydrogen-bond acceptors (Lipinski definition) is 4. The van der Waals surface area contributed by atoms with Crippen molar-refractivity contribution in [2.75, 3.05) is 18.4 Å². The summed E-state index contributed by atoms with van der Waals surface area (Å²) in [6, 6.07) is 5.79. The van der Waals surface area contributed by atoms with Gasteiger partial charge in [0.25, 0.3) is 5.91 Å². The summed E-state index contributed by atoms with van der Waals surface area (Å²) < 4.78 is 0. The molecule has 28 heavy (non-hydrogen) atoms. The van der Waals surface area contributed by atoms with Crippen molar-refractivity contribution in [1.82, 2.24) is 9.88 Å². The molecule has 1 saturated heterocycles. The third-order valence-electron chi connectivity index (χ3n) is 5.21. The molecule has 3 rings (SSSR count). The number of nitrogens with one attached hydrogen (secondary N) is 1. The van der Waals surface area contributed by atoms with Gasteiger partial charge in [-0.2, -0.15) is 0 Å². The number of nitrogens with zero attached hydrogens (tertiary/aromatic N) is 2. The molecular formula is C22H29N3O2S. The van der Waals surface area contributed by atoms with E-state index in [9.17, 15) is 9.59 Å². The molecule has 1 atom stereocenters. The van der Waals surface area contributed by atoms with E-state index in [1.54, 1.807) is 17.5 Å². The van der Waals surface area contributed by atoms with E-state index >= 15 is 0 Å². The van der Waals surface area contributed by atoms with Crippen molar-refractivity contribution in [2.45, 2.75) is 52.9 Å². The van der Waals surface area contributed by atoms with Crippen LogP contribution in [0.1, 0.15) is 58.8 Å². The number of rotatable bonds is 6. The van der Waals surface area contributed by atoms with Crippen LogP contribution in [0.15, 0.2) is 24.4 Å². The molecule has 0 aromatic carbocycles. The number of anilines is 1. The number of aromatic nitrogens is 1. The number of thiophene rings is 1. The monoisotopic (exact) mass is 399 g/mol. The van der Waals surface area contributed by atoms with Crippen molar-refractivity contribution < 1.29 is 9.59 Å². The average Bonchev–Trinajstić information content (AvgIpc) is 3.12. The van der Waals surface area contributed by atoms with Crippen molar-refractivity contribution in [2.24, 2.45) is 5.92 Å². The topological polar surface area (TPSA) is 62.3 Å². The third-order valence-corrected chi connectivity index (χ3v) is 6.43. The largest absolute Gasteiger partial charge is 0.337 e. The van der Waals surface area contributed by atoms with Crippen LogP contribution in [0, 0.1) is 12.8 Å². The van der Waals surface area contributed by atoms with Crippen LogP contribution < -0.4 is 5.32 Å². The lowest BCUT2D eigenvalue weighted by Gasteiger charge is -2.31. The molecule has 1 aliphatic heterocycles. The van der Waals surface area contributed by atoms with E-state index < -0.39 is 0 Å². The lowest BCUT2D eigenvalue weighted by Crippen LogP contribution is -2.43. The maximum Gasteiger partial charge on any atom is 0.263 e. The predicted molar refractivity (Wildman–Crippen MR) is 114 cm³/mol. The van der Waals surface area contributed by atoms with Gasteiger partial charge < -0.3 is 10.2 Å². The Hall–Kier alpha value is -2.21. The Kier molecular flexibility index (Phi) is 6.83. The van der Waals surface area contributed by atoms with Gasteiger partial charge >= 0.3 is 0 Å². The number of likely N-dealkylation sites (tertiary alicyclic amines) is 1. The van der Waals surface area contributed by atoms with Crippen LogP contribution in [-0.4, -0.2) is 34.8 Å². The summed E-state index contributed by atoms with van der Waals surface area (Å²) in [5.74, 6) is 0.379. The maximum absolute atomic E-state index is 13.0. The van der Waals surface area contributed by atoms with Gasteiger partial charge in [0.1, 0.15) is 5.82 Å². The van der Waals surface area contributed by atoms with Gasteiger partial charge in [0.2, 0.25) is 5.91 Å². The molecule has 0 bridgehead atoms. The van der Waals surface area contributed by atoms with Gasteiger partial charge in [0.15, 0.2) is 0 Å². The molecule has 5 nitrogen and oxygen atoms in total. The second-order valence-corrected chi connectivity index (χ2v) is 8.60. The summed E-state index contributed by atoms with van der Waals surface area (Å²) in [5.41, 5.74) is 2.34. The SMILES string of the molecule is CCCc1sc(C(=O)N2CCCC(C(=O)Nc3ccc(C)cn3)C2)cc1CC. The molecular weight excluding hydrogens is 370 g/mol. The minimum atomic E-state index is -0.193. The Bertz CT molecular complexity index is 829. The third kappa shape index (κ3) is 4.79. The molecule has 0 spiro atoms. The highest BCUT2D eigenvalue weighted by Gasteiger charge is 2.30. The van der Waals surface area contributed by atoms with Gasteiger partial charge in [-0.25, -0.2) is 4.98 Å². The lowest BCUT2D eigenvalue weighted by atomic mass is 9.97. The van der Waals surface area contributed by atoms with Gasteiger partial charge in [-0.3, -0.25) is 9.59 Å². The van der Waals surface area contributed by atoms with Crippen molar-refractivity contribution >= 4 is 29.0 Å². The van der Waals surface area contributed by atoms with E-state index in [1.807, 2.05) is 24.0 Å². The second-order valence-electron chi connectivity index (χ2n) is 7.46. The number of pyridine rings is 1. The zero-order chi connectivity index (χ0) is 20.1. The molecule has 0 aliphatic carbocycles. The van der Waals surface area contributed by atoms with Crippen LogP contribution in [0.3, 0.4) is 0 Å². The van der Waals surface area contributed by atoms with E-state index in [2.05, 4.69) is 30.2 Å². The molecule has 1 unspecified atom stereocenters. The van der Waals surface area contributed by atoms with Crippen molar-refractivity contribution in [3.8, 4) is 0 Å². The molecule has 3 heterocycles. The molecule has 150 valence electrons. The maximum atomic E-state index is 13.0. The molecule has 1 N–H and O–H groups in total. The highest BCUT2D eigenvalue weighted by Crippen LogP contribution is 2.28. The summed E-state index contributed by atoms with van der Waals surface area (Å²) in [7, 11) is 0. The number of hydrogen-bond donors (Lipinski definition) is 1. The first-order valence-electron chi connectivity index (χ1n) is 10.2. The molecule has 2 aromatic heterocycles. The number of carbonyl (C=O) groups is 2. The normalized spacial score (nSPS) is 16.8. The Morgan fingerprint density at radius 2 is 2.14 bits per heavy atom. The summed E-state index contributed by atoms with van der Waals surface area (Å²) in [4.78, 5) is 33.9. The fraction of sp³-hybridized carbons (Fsp3) is 0.500. The molecule has 0 radical (unpaired) electrons. The van der Waals surface area contributed by atoms with Crippen LogP contribution in [0.5, 0.6) is 0 Å². The highest BCUT2D eigenvalue weighted by atomic mass is 32.1. The molecule has 2 amide bonds. The fourth-order valence-corrected chi connectivity index (χ4v) is 4.93. The van der Waals surface area contributed by atoms with Gasteiger partial charge in [0, 0.05) is 24.2 Å². The smallest absolute Gasteiger partial charge is 0.263 e. The average molecular weight is 400 g/mol. The lowest BCUT2D eigenvalue weighted by molar-refractivity contribution is -0.121. The number of amides is 2. The minimum absolute atomic E-state index is 0.0547. The summed E-state index contributed by atoms with van der Waals surface area (Å²) in [6.45, 7) is 7.45. The van der Waals surface area contributed by atoms with Gasteiger partial charge in [-0.05, 0) is 55.9 Å².